The molecule has 5 heterocycles. The van der Waals surface area contributed by atoms with E-state index in [9.17, 15) is 10.1 Å². The number of anilines is 1. The average molecular weight is 426 g/mol. The van der Waals surface area contributed by atoms with Crippen LogP contribution in [0.4, 0.5) is 5.69 Å². The average Bonchev–Trinajstić information content (AvgIpc) is 3.32. The van der Waals surface area contributed by atoms with E-state index in [-0.39, 0.29) is 29.4 Å². The first kappa shape index (κ1) is 19.4. The van der Waals surface area contributed by atoms with Crippen LogP contribution in [0.2, 0.25) is 0 Å². The highest BCUT2D eigenvalue weighted by Gasteiger charge is 2.41. The number of pyridine rings is 1. The molecule has 7 nitrogen and oxygen atoms in total. The molecule has 5 rings (SSSR count). The lowest BCUT2D eigenvalue weighted by atomic mass is 9.91. The molecule has 30 heavy (non-hydrogen) atoms. The number of allylic oxidation sites excluding steroid dienone is 1. The molecule has 2 unspecified atom stereocenters. The molecule has 0 saturated carbocycles. The molecule has 2 bridgehead atoms. The highest BCUT2D eigenvalue weighted by Crippen LogP contribution is 2.42. The van der Waals surface area contributed by atoms with Crippen molar-refractivity contribution in [3.63, 3.8) is 0 Å². The van der Waals surface area contributed by atoms with Crippen LogP contribution in [-0.2, 0) is 4.79 Å². The Morgan fingerprint density at radius 3 is 2.80 bits per heavy atom. The summed E-state index contributed by atoms with van der Waals surface area (Å²) in [6.45, 7) is 1.54. The number of halogens is 1. The van der Waals surface area contributed by atoms with Gasteiger partial charge in [-0.1, -0.05) is 11.6 Å². The normalized spacial score (nSPS) is 30.7. The molecule has 0 amide bonds. The third-order valence-electron chi connectivity index (χ3n) is 6.62. The first-order valence-electron chi connectivity index (χ1n) is 10.6. The second-order valence-corrected chi connectivity index (χ2v) is 8.89. The van der Waals surface area contributed by atoms with Crippen LogP contribution >= 0.6 is 11.6 Å². The Kier molecular flexibility index (Phi) is 5.11. The molecular weight excluding hydrogens is 402 g/mol. The summed E-state index contributed by atoms with van der Waals surface area (Å²) < 4.78 is 6.20. The van der Waals surface area contributed by atoms with Crippen LogP contribution in [-0.4, -0.2) is 59.7 Å². The van der Waals surface area contributed by atoms with Crippen molar-refractivity contribution in [2.24, 2.45) is 10.9 Å². The monoisotopic (exact) mass is 425 g/mol. The number of carbonyl (C=O) groups is 1. The number of dihydropyridines is 1. The molecule has 1 aromatic heterocycles. The number of nitriles is 1. The van der Waals surface area contributed by atoms with Crippen LogP contribution in [0.15, 0.2) is 34.1 Å². The van der Waals surface area contributed by atoms with Crippen molar-refractivity contribution < 1.29 is 9.53 Å². The number of ketones is 1. The minimum atomic E-state index is -0.136. The number of rotatable bonds is 4. The summed E-state index contributed by atoms with van der Waals surface area (Å²) in [5.41, 5.74) is 1.83. The maximum atomic E-state index is 11.8. The Bertz CT molecular complexity index is 941. The number of piperidine rings is 1. The molecule has 0 aliphatic carbocycles. The van der Waals surface area contributed by atoms with Gasteiger partial charge in [-0.25, -0.2) is 4.98 Å². The summed E-state index contributed by atoms with van der Waals surface area (Å²) in [6.07, 6.45) is 8.49. The predicted molar refractivity (Wildman–Crippen MR) is 114 cm³/mol. The summed E-state index contributed by atoms with van der Waals surface area (Å²) in [5, 5.41) is 9.59. The largest absolute Gasteiger partial charge is 0.472 e. The van der Waals surface area contributed by atoms with Gasteiger partial charge in [-0.15, -0.1) is 0 Å². The van der Waals surface area contributed by atoms with Gasteiger partial charge >= 0.3 is 0 Å². The third-order valence-corrected chi connectivity index (χ3v) is 7.03. The molecule has 3 saturated heterocycles. The number of aliphatic imine (C=N–C) groups is 1. The number of hydrogen-bond donors (Lipinski definition) is 0. The fraction of sp³-hybridized carbons (Fsp3) is 0.545. The number of aromatic nitrogens is 1. The first-order valence-corrected chi connectivity index (χ1v) is 11.0. The summed E-state index contributed by atoms with van der Waals surface area (Å²) >= 11 is 6.20. The molecule has 1 aromatic rings. The molecule has 0 spiro atoms. The van der Waals surface area contributed by atoms with Crippen molar-refractivity contribution in [1.29, 1.82) is 5.26 Å². The van der Waals surface area contributed by atoms with Crippen molar-refractivity contribution in [3.8, 4) is 11.9 Å². The third kappa shape index (κ3) is 3.54. The van der Waals surface area contributed by atoms with Gasteiger partial charge in [0.25, 0.3) is 0 Å². The number of nitrogens with zero attached hydrogens (tertiary/aromatic N) is 5. The van der Waals surface area contributed by atoms with Crippen LogP contribution in [0, 0.1) is 17.2 Å². The molecule has 4 aliphatic rings. The van der Waals surface area contributed by atoms with Crippen LogP contribution < -0.4 is 9.64 Å². The van der Waals surface area contributed by atoms with E-state index in [1.54, 1.807) is 12.4 Å². The predicted octanol–water partition coefficient (Wildman–Crippen LogP) is 2.91. The molecule has 3 atom stereocenters. The zero-order valence-corrected chi connectivity index (χ0v) is 17.5. The number of likely N-dealkylation sites (tertiary alicyclic amines) is 1. The van der Waals surface area contributed by atoms with Gasteiger partial charge in [0, 0.05) is 49.2 Å². The van der Waals surface area contributed by atoms with Gasteiger partial charge in [0.2, 0.25) is 5.88 Å². The van der Waals surface area contributed by atoms with E-state index in [1.165, 1.54) is 0 Å². The van der Waals surface area contributed by atoms with Gasteiger partial charge < -0.3 is 14.5 Å². The number of hydrogen-bond acceptors (Lipinski definition) is 7. The molecule has 3 fully saturated rings. The molecule has 156 valence electrons. The van der Waals surface area contributed by atoms with Crippen molar-refractivity contribution >= 4 is 29.3 Å². The maximum Gasteiger partial charge on any atom is 0.215 e. The van der Waals surface area contributed by atoms with Crippen molar-refractivity contribution in [2.45, 2.75) is 50.3 Å². The highest BCUT2D eigenvalue weighted by molar-refractivity contribution is 6.44. The Balaban J connectivity index is 1.26. The van der Waals surface area contributed by atoms with E-state index in [0.29, 0.717) is 30.2 Å². The smallest absolute Gasteiger partial charge is 0.215 e. The summed E-state index contributed by atoms with van der Waals surface area (Å²) in [6, 6.07) is 7.40. The van der Waals surface area contributed by atoms with E-state index in [0.717, 1.165) is 44.3 Å². The van der Waals surface area contributed by atoms with E-state index in [2.05, 4.69) is 25.8 Å². The summed E-state index contributed by atoms with van der Waals surface area (Å²) in [4.78, 5) is 24.9. The zero-order chi connectivity index (χ0) is 20.7. The SMILES string of the molecule is N#CC1CC2CCC(C1)N2c1ccnc(O[C@@H]2CCN(C3=C(Cl)C(=O)CN=C3)C2)c1. The van der Waals surface area contributed by atoms with Gasteiger partial charge in [-0.05, 0) is 31.7 Å². The van der Waals surface area contributed by atoms with Crippen LogP contribution in [0.1, 0.15) is 32.1 Å². The lowest BCUT2D eigenvalue weighted by molar-refractivity contribution is -0.113. The Hall–Kier alpha value is -2.59. The van der Waals surface area contributed by atoms with Gasteiger partial charge in [0.1, 0.15) is 17.7 Å². The Morgan fingerprint density at radius 2 is 2.03 bits per heavy atom. The van der Waals surface area contributed by atoms with Crippen molar-refractivity contribution in [1.82, 2.24) is 9.88 Å². The van der Waals surface area contributed by atoms with Crippen LogP contribution in [0.3, 0.4) is 0 Å². The van der Waals surface area contributed by atoms with Crippen LogP contribution in [0.5, 0.6) is 5.88 Å². The lowest BCUT2D eigenvalue weighted by Gasteiger charge is -2.38. The molecule has 0 N–H and O–H groups in total. The maximum absolute atomic E-state index is 11.8. The van der Waals surface area contributed by atoms with Gasteiger partial charge in [-0.3, -0.25) is 9.79 Å². The van der Waals surface area contributed by atoms with E-state index in [4.69, 9.17) is 16.3 Å². The summed E-state index contributed by atoms with van der Waals surface area (Å²) in [7, 11) is 0. The number of carbonyl (C=O) groups excluding carboxylic acids is 1. The first-order chi connectivity index (χ1) is 14.6. The highest BCUT2D eigenvalue weighted by atomic mass is 35.5. The number of Topliss-reactive ketones (excluding diaryl/α,β-unsaturated/α-hetero) is 1. The minimum absolute atomic E-state index is 0.0174. The van der Waals surface area contributed by atoms with Gasteiger partial charge in [-0.2, -0.15) is 5.26 Å². The molecule has 0 radical (unpaired) electrons. The lowest BCUT2D eigenvalue weighted by Crippen LogP contribution is -2.42. The Labute approximate surface area is 181 Å². The second-order valence-electron chi connectivity index (χ2n) is 8.51. The van der Waals surface area contributed by atoms with Gasteiger partial charge in [0.05, 0.1) is 24.2 Å². The van der Waals surface area contributed by atoms with E-state index < -0.39 is 0 Å². The molecule has 0 aromatic carbocycles. The summed E-state index contributed by atoms with van der Waals surface area (Å²) in [5.74, 6) is 0.662. The van der Waals surface area contributed by atoms with Crippen molar-refractivity contribution in [2.75, 3.05) is 24.5 Å². The fourth-order valence-electron chi connectivity index (χ4n) is 5.25. The molecular formula is C22H24ClN5O2. The van der Waals surface area contributed by atoms with Gasteiger partial charge in [0.15, 0.2) is 5.78 Å². The van der Waals surface area contributed by atoms with Crippen molar-refractivity contribution in [3.05, 3.63) is 29.1 Å². The fourth-order valence-corrected chi connectivity index (χ4v) is 5.47. The van der Waals surface area contributed by atoms with E-state index in [1.807, 2.05) is 12.1 Å². The zero-order valence-electron chi connectivity index (χ0n) is 16.7. The minimum Gasteiger partial charge on any atom is -0.472 e. The molecule has 4 aliphatic heterocycles. The second kappa shape index (κ2) is 7.92. The van der Waals surface area contributed by atoms with E-state index >= 15 is 0 Å². The quantitative estimate of drug-likeness (QED) is 0.737. The molecule has 8 heteroatoms. The standard InChI is InChI=1S/C22H24ClN5O2/c23-22-19(11-25-12-20(22)29)27-6-4-18(13-27)30-21-9-17(3-5-26-21)28-15-1-2-16(28)8-14(7-15)10-24/h3,5,9,11,14-16,18H,1-2,4,6-8,12-13H2/t14?,15?,16?,18-/m1/s1. The number of fused-ring (bicyclic) bond motifs is 2. The topological polar surface area (TPSA) is 81.8 Å². The van der Waals surface area contributed by atoms with Crippen LogP contribution in [0.25, 0.3) is 0 Å². The number of ether oxygens (including phenoxy) is 1. The Morgan fingerprint density at radius 1 is 1.23 bits per heavy atom.